The molecule has 1 aromatic rings. The molecule has 16 heavy (non-hydrogen) atoms. The number of nitrogens with one attached hydrogen (secondary N) is 1. The minimum absolute atomic E-state index is 0.189. The number of halogens is 3. The minimum Gasteiger partial charge on any atom is -0.363 e. The number of hydrogen-bond acceptors (Lipinski definition) is 3. The molecule has 3 N–H and O–H groups in total. The molecule has 90 valence electrons. The normalized spacial score (nSPS) is 12.6. The van der Waals surface area contributed by atoms with Crippen LogP contribution in [0.1, 0.15) is 19.4 Å². The third-order valence-electron chi connectivity index (χ3n) is 2.08. The lowest BCUT2D eigenvalue weighted by Crippen LogP contribution is -2.40. The van der Waals surface area contributed by atoms with Crippen molar-refractivity contribution in [1.29, 1.82) is 0 Å². The zero-order chi connectivity index (χ0) is 12.4. The summed E-state index contributed by atoms with van der Waals surface area (Å²) >= 11 is 0. The van der Waals surface area contributed by atoms with Gasteiger partial charge in [-0.15, -0.1) is 0 Å². The summed E-state index contributed by atoms with van der Waals surface area (Å²) in [6.45, 7) is 3.63. The molecule has 0 aliphatic carbocycles. The van der Waals surface area contributed by atoms with E-state index in [4.69, 9.17) is 5.73 Å². The fraction of sp³-hybridized carbons (Fsp3) is 0.500. The minimum atomic E-state index is -4.42. The van der Waals surface area contributed by atoms with Gasteiger partial charge in [-0.3, -0.25) is 0 Å². The molecule has 0 aromatic carbocycles. The molecule has 0 bridgehead atoms. The molecule has 0 radical (unpaired) electrons. The van der Waals surface area contributed by atoms with Gasteiger partial charge in [0.15, 0.2) is 0 Å². The van der Waals surface area contributed by atoms with Crippen LogP contribution in [0.5, 0.6) is 0 Å². The van der Waals surface area contributed by atoms with E-state index in [1.54, 1.807) is 13.8 Å². The second kappa shape index (κ2) is 4.29. The zero-order valence-electron chi connectivity index (χ0n) is 9.10. The van der Waals surface area contributed by atoms with Crippen LogP contribution in [-0.2, 0) is 6.18 Å². The maximum atomic E-state index is 12.6. The highest BCUT2D eigenvalue weighted by atomic mass is 19.4. The van der Waals surface area contributed by atoms with Crippen LogP contribution in [0.2, 0.25) is 0 Å². The molecule has 1 rings (SSSR count). The first kappa shape index (κ1) is 12.8. The second-order valence-corrected chi connectivity index (χ2v) is 4.11. The number of hydrogen-bond donors (Lipinski definition) is 2. The number of aromatic nitrogens is 1. The van der Waals surface area contributed by atoms with E-state index in [0.717, 1.165) is 6.07 Å². The van der Waals surface area contributed by atoms with E-state index in [1.807, 2.05) is 0 Å². The highest BCUT2D eigenvalue weighted by molar-refractivity contribution is 5.47. The van der Waals surface area contributed by atoms with Crippen molar-refractivity contribution < 1.29 is 13.2 Å². The summed E-state index contributed by atoms with van der Waals surface area (Å²) in [5.74, 6) is -0.189. The Kier molecular flexibility index (Phi) is 3.42. The lowest BCUT2D eigenvalue weighted by Gasteiger charge is -2.26. The summed E-state index contributed by atoms with van der Waals surface area (Å²) in [4.78, 5) is 3.69. The summed E-state index contributed by atoms with van der Waals surface area (Å²) in [6, 6.07) is 2.24. The molecular weight excluding hydrogens is 219 g/mol. The van der Waals surface area contributed by atoms with Gasteiger partial charge in [0.2, 0.25) is 0 Å². The Morgan fingerprint density at radius 1 is 1.38 bits per heavy atom. The molecule has 0 amide bonds. The van der Waals surface area contributed by atoms with E-state index in [1.165, 1.54) is 12.3 Å². The Morgan fingerprint density at radius 2 is 2.00 bits per heavy atom. The lowest BCUT2D eigenvalue weighted by atomic mass is 10.1. The van der Waals surface area contributed by atoms with Crippen molar-refractivity contribution >= 4 is 5.82 Å². The first-order valence-corrected chi connectivity index (χ1v) is 4.77. The predicted molar refractivity (Wildman–Crippen MR) is 56.0 cm³/mol. The quantitative estimate of drug-likeness (QED) is 0.841. The zero-order valence-corrected chi connectivity index (χ0v) is 9.10. The first-order valence-electron chi connectivity index (χ1n) is 4.77. The molecule has 0 aliphatic rings. The van der Waals surface area contributed by atoms with Crippen LogP contribution in [0.3, 0.4) is 0 Å². The van der Waals surface area contributed by atoms with Gasteiger partial charge in [0.25, 0.3) is 0 Å². The van der Waals surface area contributed by atoms with Gasteiger partial charge < -0.3 is 11.1 Å². The smallest absolute Gasteiger partial charge is 0.363 e. The third kappa shape index (κ3) is 3.10. The van der Waals surface area contributed by atoms with Gasteiger partial charge in [-0.05, 0) is 26.0 Å². The lowest BCUT2D eigenvalue weighted by molar-refractivity contribution is -0.137. The molecule has 0 spiro atoms. The number of nitrogens with two attached hydrogens (primary N) is 1. The van der Waals surface area contributed by atoms with Crippen LogP contribution in [0.15, 0.2) is 18.3 Å². The fourth-order valence-corrected chi connectivity index (χ4v) is 1.11. The van der Waals surface area contributed by atoms with Crippen molar-refractivity contribution in [2.75, 3.05) is 11.9 Å². The van der Waals surface area contributed by atoms with Crippen LogP contribution in [0.25, 0.3) is 0 Å². The monoisotopic (exact) mass is 233 g/mol. The van der Waals surface area contributed by atoms with Gasteiger partial charge in [-0.2, -0.15) is 13.2 Å². The summed E-state index contributed by atoms with van der Waals surface area (Å²) < 4.78 is 37.8. The second-order valence-electron chi connectivity index (χ2n) is 4.11. The number of anilines is 1. The van der Waals surface area contributed by atoms with Crippen LogP contribution in [-0.4, -0.2) is 17.1 Å². The average molecular weight is 233 g/mol. The van der Waals surface area contributed by atoms with Gasteiger partial charge in [0, 0.05) is 18.3 Å². The van der Waals surface area contributed by atoms with E-state index in [0.29, 0.717) is 0 Å². The standard InChI is InChI=1S/C10H14F3N3/c1-9(2,6-14)16-8-7(10(11,12)13)4-3-5-15-8/h3-5H,6,14H2,1-2H3,(H,15,16). The summed E-state index contributed by atoms with van der Waals surface area (Å²) in [5.41, 5.74) is 4.03. The van der Waals surface area contributed by atoms with Crippen LogP contribution in [0.4, 0.5) is 19.0 Å². The molecule has 3 nitrogen and oxygen atoms in total. The highest BCUT2D eigenvalue weighted by Gasteiger charge is 2.35. The molecule has 0 saturated carbocycles. The van der Waals surface area contributed by atoms with Crippen molar-refractivity contribution in [1.82, 2.24) is 4.98 Å². The number of pyridine rings is 1. The SMILES string of the molecule is CC(C)(CN)Nc1ncccc1C(F)(F)F. The maximum absolute atomic E-state index is 12.6. The largest absolute Gasteiger partial charge is 0.419 e. The van der Waals surface area contributed by atoms with Crippen molar-refractivity contribution in [2.45, 2.75) is 25.6 Å². The molecule has 0 atom stereocenters. The summed E-state index contributed by atoms with van der Waals surface area (Å²) in [7, 11) is 0. The Labute approximate surface area is 91.9 Å². The fourth-order valence-electron chi connectivity index (χ4n) is 1.11. The van der Waals surface area contributed by atoms with Gasteiger partial charge in [0.05, 0.1) is 5.56 Å². The number of rotatable bonds is 3. The topological polar surface area (TPSA) is 50.9 Å². The van der Waals surface area contributed by atoms with E-state index >= 15 is 0 Å². The van der Waals surface area contributed by atoms with Crippen molar-refractivity contribution in [2.24, 2.45) is 5.73 Å². The Morgan fingerprint density at radius 3 is 2.50 bits per heavy atom. The molecule has 1 aromatic heterocycles. The van der Waals surface area contributed by atoms with Gasteiger partial charge in [-0.1, -0.05) is 0 Å². The molecule has 0 fully saturated rings. The van der Waals surface area contributed by atoms with Crippen LogP contribution in [0, 0.1) is 0 Å². The summed E-state index contributed by atoms with van der Waals surface area (Å²) in [5, 5.41) is 2.69. The van der Waals surface area contributed by atoms with Crippen molar-refractivity contribution in [3.63, 3.8) is 0 Å². The highest BCUT2D eigenvalue weighted by Crippen LogP contribution is 2.34. The van der Waals surface area contributed by atoms with Crippen LogP contribution < -0.4 is 11.1 Å². The predicted octanol–water partition coefficient (Wildman–Crippen LogP) is 2.25. The van der Waals surface area contributed by atoms with Gasteiger partial charge in [0.1, 0.15) is 5.82 Å². The Balaban J connectivity index is 3.06. The Bertz CT molecular complexity index is 361. The third-order valence-corrected chi connectivity index (χ3v) is 2.08. The molecule has 6 heteroatoms. The molecular formula is C10H14F3N3. The molecule has 0 saturated heterocycles. The van der Waals surface area contributed by atoms with Gasteiger partial charge >= 0.3 is 6.18 Å². The van der Waals surface area contributed by atoms with E-state index < -0.39 is 17.3 Å². The van der Waals surface area contributed by atoms with E-state index in [2.05, 4.69) is 10.3 Å². The van der Waals surface area contributed by atoms with Gasteiger partial charge in [-0.25, -0.2) is 4.98 Å². The van der Waals surface area contributed by atoms with Crippen LogP contribution >= 0.6 is 0 Å². The Hall–Kier alpha value is -1.30. The molecule has 1 heterocycles. The average Bonchev–Trinajstić information content (AvgIpc) is 2.16. The van der Waals surface area contributed by atoms with E-state index in [9.17, 15) is 13.2 Å². The first-order chi connectivity index (χ1) is 7.26. The van der Waals surface area contributed by atoms with Crippen molar-refractivity contribution in [3.8, 4) is 0 Å². The van der Waals surface area contributed by atoms with E-state index in [-0.39, 0.29) is 12.4 Å². The molecule has 0 unspecified atom stereocenters. The maximum Gasteiger partial charge on any atom is 0.419 e. The molecule has 0 aliphatic heterocycles. The number of alkyl halides is 3. The summed E-state index contributed by atoms with van der Waals surface area (Å²) in [6.07, 6.45) is -3.11. The number of nitrogens with zero attached hydrogens (tertiary/aromatic N) is 1. The van der Waals surface area contributed by atoms with Crippen molar-refractivity contribution in [3.05, 3.63) is 23.9 Å².